The molecule has 0 unspecified atom stereocenters. The molecule has 92 valence electrons. The van der Waals surface area contributed by atoms with Crippen molar-refractivity contribution in [1.82, 2.24) is 9.88 Å². The second-order valence-corrected chi connectivity index (χ2v) is 4.24. The Balaban J connectivity index is 2.10. The Morgan fingerprint density at radius 1 is 1.35 bits per heavy atom. The van der Waals surface area contributed by atoms with E-state index in [0.717, 1.165) is 13.1 Å². The van der Waals surface area contributed by atoms with Gasteiger partial charge >= 0.3 is 5.82 Å². The fourth-order valence-electron chi connectivity index (χ4n) is 2.05. The molecule has 0 spiro atoms. The summed E-state index contributed by atoms with van der Waals surface area (Å²) in [7, 11) is 0. The number of aromatic nitrogens is 1. The van der Waals surface area contributed by atoms with Gasteiger partial charge in [0.05, 0.1) is 6.54 Å². The fourth-order valence-corrected chi connectivity index (χ4v) is 2.05. The van der Waals surface area contributed by atoms with Gasteiger partial charge in [-0.15, -0.1) is 0 Å². The lowest BCUT2D eigenvalue weighted by Gasteiger charge is -2.24. The highest BCUT2D eigenvalue weighted by atomic mass is 16.6. The van der Waals surface area contributed by atoms with Crippen LogP contribution in [0.25, 0.3) is 0 Å². The van der Waals surface area contributed by atoms with Crippen LogP contribution < -0.4 is 0 Å². The van der Waals surface area contributed by atoms with Crippen molar-refractivity contribution in [2.75, 3.05) is 13.1 Å². The minimum Gasteiger partial charge on any atom is -0.501 e. The second kappa shape index (κ2) is 5.09. The third-order valence-electron chi connectivity index (χ3n) is 2.92. The monoisotopic (exact) mass is 237 g/mol. The van der Waals surface area contributed by atoms with Crippen LogP contribution in [-0.2, 0) is 6.54 Å². The van der Waals surface area contributed by atoms with Crippen LogP contribution in [0.3, 0.4) is 0 Å². The molecule has 0 radical (unpaired) electrons. The number of piperidine rings is 1. The van der Waals surface area contributed by atoms with E-state index >= 15 is 0 Å². The molecule has 0 aromatic carbocycles. The standard InChI is InChI=1S/C11H15N3O3/c15-10-5-4-9(12-11(10)14(16)17)8-13-6-2-1-3-7-13/h4-5,15H,1-3,6-8H2. The van der Waals surface area contributed by atoms with Gasteiger partial charge in [0.2, 0.25) is 5.75 Å². The van der Waals surface area contributed by atoms with E-state index in [1.807, 2.05) is 0 Å². The van der Waals surface area contributed by atoms with Crippen LogP contribution in [0, 0.1) is 10.1 Å². The summed E-state index contributed by atoms with van der Waals surface area (Å²) in [6, 6.07) is 2.97. The topological polar surface area (TPSA) is 79.5 Å². The summed E-state index contributed by atoms with van der Waals surface area (Å²) in [4.78, 5) is 16.1. The molecule has 1 saturated heterocycles. The zero-order chi connectivity index (χ0) is 12.3. The van der Waals surface area contributed by atoms with Crippen LogP contribution >= 0.6 is 0 Å². The van der Waals surface area contributed by atoms with Gasteiger partial charge in [0, 0.05) is 0 Å². The van der Waals surface area contributed by atoms with Crippen molar-refractivity contribution in [3.63, 3.8) is 0 Å². The fraction of sp³-hybridized carbons (Fsp3) is 0.545. The van der Waals surface area contributed by atoms with Gasteiger partial charge in [0.1, 0.15) is 0 Å². The molecule has 0 bridgehead atoms. The molecule has 1 aromatic heterocycles. The molecule has 1 N–H and O–H groups in total. The molecule has 6 heteroatoms. The Hall–Kier alpha value is -1.69. The Labute approximate surface area is 99.0 Å². The van der Waals surface area contributed by atoms with Crippen LogP contribution in [0.15, 0.2) is 12.1 Å². The van der Waals surface area contributed by atoms with Gasteiger partial charge in [-0.1, -0.05) is 6.42 Å². The van der Waals surface area contributed by atoms with Crippen LogP contribution in [0.1, 0.15) is 25.0 Å². The van der Waals surface area contributed by atoms with Gasteiger partial charge in [-0.2, -0.15) is 0 Å². The molecule has 1 aromatic rings. The first-order chi connectivity index (χ1) is 8.16. The highest BCUT2D eigenvalue weighted by molar-refractivity contribution is 5.38. The van der Waals surface area contributed by atoms with Crippen LogP contribution in [0.4, 0.5) is 5.82 Å². The van der Waals surface area contributed by atoms with E-state index in [2.05, 4.69) is 9.88 Å². The number of nitro groups is 1. The molecule has 0 atom stereocenters. The maximum Gasteiger partial charge on any atom is 0.406 e. The normalized spacial score (nSPS) is 16.9. The molecule has 2 heterocycles. The number of pyridine rings is 1. The van der Waals surface area contributed by atoms with Crippen molar-refractivity contribution in [3.05, 3.63) is 27.9 Å². The first-order valence-electron chi connectivity index (χ1n) is 5.72. The molecular weight excluding hydrogens is 222 g/mol. The third-order valence-corrected chi connectivity index (χ3v) is 2.92. The lowest BCUT2D eigenvalue weighted by molar-refractivity contribution is -0.390. The van der Waals surface area contributed by atoms with Crippen molar-refractivity contribution < 1.29 is 10.0 Å². The van der Waals surface area contributed by atoms with Gasteiger partial charge in [-0.3, -0.25) is 4.90 Å². The quantitative estimate of drug-likeness (QED) is 0.639. The largest absolute Gasteiger partial charge is 0.501 e. The van der Waals surface area contributed by atoms with Crippen LogP contribution in [0.5, 0.6) is 5.75 Å². The number of nitrogens with zero attached hydrogens (tertiary/aromatic N) is 3. The summed E-state index contributed by atoms with van der Waals surface area (Å²) < 4.78 is 0. The minimum atomic E-state index is -0.658. The van der Waals surface area contributed by atoms with E-state index in [1.165, 1.54) is 25.3 Å². The van der Waals surface area contributed by atoms with Gasteiger partial charge in [0.25, 0.3) is 0 Å². The number of likely N-dealkylation sites (tertiary alicyclic amines) is 1. The van der Waals surface area contributed by atoms with Crippen molar-refractivity contribution in [3.8, 4) is 5.75 Å². The molecule has 1 aliphatic rings. The Morgan fingerprint density at radius 3 is 2.71 bits per heavy atom. The van der Waals surface area contributed by atoms with Gasteiger partial charge in [-0.05, 0) is 48.0 Å². The number of hydrogen-bond donors (Lipinski definition) is 1. The summed E-state index contributed by atoms with van der Waals surface area (Å²) in [5.74, 6) is -0.836. The molecule has 2 rings (SSSR count). The predicted molar refractivity (Wildman–Crippen MR) is 61.7 cm³/mol. The molecule has 0 amide bonds. The van der Waals surface area contributed by atoms with E-state index < -0.39 is 10.7 Å². The van der Waals surface area contributed by atoms with Crippen molar-refractivity contribution in [1.29, 1.82) is 0 Å². The van der Waals surface area contributed by atoms with Crippen LogP contribution in [-0.4, -0.2) is 33.0 Å². The second-order valence-electron chi connectivity index (χ2n) is 4.24. The number of hydrogen-bond acceptors (Lipinski definition) is 5. The van der Waals surface area contributed by atoms with E-state index in [0.29, 0.717) is 12.2 Å². The molecule has 1 aliphatic heterocycles. The van der Waals surface area contributed by atoms with Gasteiger partial charge in [0.15, 0.2) is 5.69 Å². The van der Waals surface area contributed by atoms with Crippen molar-refractivity contribution in [2.45, 2.75) is 25.8 Å². The van der Waals surface area contributed by atoms with E-state index in [-0.39, 0.29) is 5.75 Å². The van der Waals surface area contributed by atoms with Crippen LogP contribution in [0.2, 0.25) is 0 Å². The first kappa shape index (κ1) is 11.8. The number of rotatable bonds is 3. The lowest BCUT2D eigenvalue weighted by atomic mass is 10.1. The first-order valence-corrected chi connectivity index (χ1v) is 5.72. The Kier molecular flexibility index (Phi) is 3.53. The average Bonchev–Trinajstić information content (AvgIpc) is 2.32. The third kappa shape index (κ3) is 2.91. The molecule has 0 aliphatic carbocycles. The minimum absolute atomic E-state index is 0.377. The maximum absolute atomic E-state index is 10.6. The maximum atomic E-state index is 10.6. The summed E-state index contributed by atoms with van der Waals surface area (Å²) in [5.41, 5.74) is 0.636. The summed E-state index contributed by atoms with van der Waals surface area (Å²) in [5, 5.41) is 19.9. The molecule has 6 nitrogen and oxygen atoms in total. The molecule has 17 heavy (non-hydrogen) atoms. The summed E-state index contributed by atoms with van der Waals surface area (Å²) >= 11 is 0. The zero-order valence-corrected chi connectivity index (χ0v) is 9.50. The number of aromatic hydroxyl groups is 1. The van der Waals surface area contributed by atoms with Crippen molar-refractivity contribution in [2.24, 2.45) is 0 Å². The zero-order valence-electron chi connectivity index (χ0n) is 9.50. The lowest BCUT2D eigenvalue weighted by Crippen LogP contribution is -2.29. The predicted octanol–water partition coefficient (Wildman–Crippen LogP) is 1.68. The van der Waals surface area contributed by atoms with Crippen molar-refractivity contribution >= 4 is 5.82 Å². The summed E-state index contributed by atoms with van der Waals surface area (Å²) in [6.45, 7) is 2.63. The van der Waals surface area contributed by atoms with E-state index in [9.17, 15) is 15.2 Å². The van der Waals surface area contributed by atoms with E-state index in [1.54, 1.807) is 6.07 Å². The SMILES string of the molecule is O=[N+]([O-])c1nc(CN2CCCCC2)ccc1O. The Bertz CT molecular complexity index is 416. The molecule has 1 fully saturated rings. The average molecular weight is 237 g/mol. The highest BCUT2D eigenvalue weighted by Gasteiger charge is 2.19. The summed E-state index contributed by atoms with van der Waals surface area (Å²) in [6.07, 6.45) is 3.58. The van der Waals surface area contributed by atoms with E-state index in [4.69, 9.17) is 0 Å². The molecular formula is C11H15N3O3. The smallest absolute Gasteiger partial charge is 0.406 e. The van der Waals surface area contributed by atoms with Gasteiger partial charge in [-0.25, -0.2) is 0 Å². The molecule has 0 saturated carbocycles. The highest BCUT2D eigenvalue weighted by Crippen LogP contribution is 2.23. The van der Waals surface area contributed by atoms with Gasteiger partial charge < -0.3 is 15.2 Å². The Morgan fingerprint density at radius 2 is 2.06 bits per heavy atom.